The minimum absolute atomic E-state index is 0.00366. The van der Waals surface area contributed by atoms with Crippen molar-refractivity contribution in [2.45, 2.75) is 33.6 Å². The Bertz CT molecular complexity index is 419. The second-order valence-corrected chi connectivity index (χ2v) is 5.02. The summed E-state index contributed by atoms with van der Waals surface area (Å²) in [5, 5.41) is 9.92. The summed E-state index contributed by atoms with van der Waals surface area (Å²) in [7, 11) is 0. The lowest BCUT2D eigenvalue weighted by Crippen LogP contribution is -2.46. The topological polar surface area (TPSA) is 67.2 Å². The van der Waals surface area contributed by atoms with Crippen LogP contribution >= 0.6 is 0 Å². The van der Waals surface area contributed by atoms with Gasteiger partial charge in [-0.05, 0) is 40.2 Å². The molecule has 2 N–H and O–H groups in total. The van der Waals surface area contributed by atoms with Gasteiger partial charge in [-0.2, -0.15) is 0 Å². The Morgan fingerprint density at radius 3 is 2.82 bits per heavy atom. The van der Waals surface area contributed by atoms with Crippen molar-refractivity contribution in [3.63, 3.8) is 0 Å². The van der Waals surface area contributed by atoms with Gasteiger partial charge in [-0.25, -0.2) is 0 Å². The Labute approximate surface area is 101 Å². The van der Waals surface area contributed by atoms with Crippen LogP contribution in [0.1, 0.15) is 31.0 Å². The van der Waals surface area contributed by atoms with Gasteiger partial charge in [-0.15, -0.1) is 0 Å². The Morgan fingerprint density at radius 2 is 2.29 bits per heavy atom. The Hall–Kier alpha value is -1.36. The van der Waals surface area contributed by atoms with Crippen LogP contribution < -0.4 is 10.6 Å². The second kappa shape index (κ2) is 4.49. The summed E-state index contributed by atoms with van der Waals surface area (Å²) in [5.41, 5.74) is 1.35. The first kappa shape index (κ1) is 12.1. The zero-order valence-electron chi connectivity index (χ0n) is 10.6. The van der Waals surface area contributed by atoms with Gasteiger partial charge >= 0.3 is 0 Å². The van der Waals surface area contributed by atoms with Gasteiger partial charge in [0.25, 0.3) is 0 Å². The quantitative estimate of drug-likeness (QED) is 0.820. The number of rotatable bonds is 2. The highest BCUT2D eigenvalue weighted by atomic mass is 16.5. The maximum Gasteiger partial charge on any atom is 0.234 e. The number of hydrogen-bond donors (Lipinski definition) is 2. The van der Waals surface area contributed by atoms with E-state index in [1.807, 2.05) is 20.8 Å². The van der Waals surface area contributed by atoms with E-state index in [0.29, 0.717) is 12.4 Å². The molecule has 5 nitrogen and oxygen atoms in total. The molecule has 0 saturated carbocycles. The first-order valence-electron chi connectivity index (χ1n) is 5.98. The number of hydrogen-bond acceptors (Lipinski definition) is 4. The molecule has 0 aliphatic carbocycles. The highest BCUT2D eigenvalue weighted by Crippen LogP contribution is 2.28. The lowest BCUT2D eigenvalue weighted by atomic mass is 9.82. The molecular weight excluding hydrogens is 218 g/mol. The zero-order chi connectivity index (χ0) is 12.5. The van der Waals surface area contributed by atoms with Crippen molar-refractivity contribution < 1.29 is 9.32 Å². The van der Waals surface area contributed by atoms with Gasteiger partial charge in [0.05, 0.1) is 11.1 Å². The Balaban J connectivity index is 2.08. The van der Waals surface area contributed by atoms with E-state index in [0.717, 1.165) is 30.6 Å². The molecule has 2 heterocycles. The van der Waals surface area contributed by atoms with Gasteiger partial charge in [0, 0.05) is 12.1 Å². The maximum atomic E-state index is 12.2. The molecule has 1 aromatic heterocycles. The smallest absolute Gasteiger partial charge is 0.234 e. The maximum absolute atomic E-state index is 12.2. The lowest BCUT2D eigenvalue weighted by Gasteiger charge is -2.32. The summed E-state index contributed by atoms with van der Waals surface area (Å²) in [5.74, 6) is 0.475. The van der Waals surface area contributed by atoms with Crippen LogP contribution in [0.25, 0.3) is 0 Å². The van der Waals surface area contributed by atoms with Crippen LogP contribution in [-0.2, 0) is 4.79 Å². The predicted octanol–water partition coefficient (Wildman–Crippen LogP) is 1.62. The average Bonchev–Trinajstić information content (AvgIpc) is 2.62. The fraction of sp³-hybridized carbons (Fsp3) is 0.667. The van der Waals surface area contributed by atoms with E-state index in [2.05, 4.69) is 15.8 Å². The molecule has 1 aliphatic rings. The van der Waals surface area contributed by atoms with Crippen molar-refractivity contribution in [3.05, 3.63) is 11.3 Å². The summed E-state index contributed by atoms with van der Waals surface area (Å²) in [4.78, 5) is 12.2. The second-order valence-electron chi connectivity index (χ2n) is 5.02. The van der Waals surface area contributed by atoms with Crippen LogP contribution in [0.3, 0.4) is 0 Å². The van der Waals surface area contributed by atoms with Crippen LogP contribution in [0.5, 0.6) is 0 Å². The highest BCUT2D eigenvalue weighted by Gasteiger charge is 2.35. The molecule has 0 radical (unpaired) electrons. The molecule has 1 saturated heterocycles. The first-order valence-corrected chi connectivity index (χ1v) is 5.98. The Morgan fingerprint density at radius 1 is 1.53 bits per heavy atom. The van der Waals surface area contributed by atoms with Gasteiger partial charge in [0.1, 0.15) is 0 Å². The predicted molar refractivity (Wildman–Crippen MR) is 64.8 cm³/mol. The van der Waals surface area contributed by atoms with Crippen LogP contribution in [0.15, 0.2) is 4.52 Å². The third kappa shape index (κ3) is 2.34. The van der Waals surface area contributed by atoms with Crippen molar-refractivity contribution >= 4 is 11.8 Å². The van der Waals surface area contributed by atoms with E-state index in [-0.39, 0.29) is 11.3 Å². The third-order valence-corrected chi connectivity index (χ3v) is 3.53. The number of carbonyl (C=O) groups is 1. The van der Waals surface area contributed by atoms with Gasteiger partial charge in [-0.1, -0.05) is 5.16 Å². The fourth-order valence-electron chi connectivity index (χ4n) is 2.04. The molecule has 2 rings (SSSR count). The van der Waals surface area contributed by atoms with E-state index in [4.69, 9.17) is 4.52 Å². The largest absolute Gasteiger partial charge is 0.338 e. The molecule has 1 atom stereocenters. The summed E-state index contributed by atoms with van der Waals surface area (Å²) < 4.78 is 5.10. The van der Waals surface area contributed by atoms with E-state index in [1.165, 1.54) is 0 Å². The minimum Gasteiger partial charge on any atom is -0.338 e. The first-order chi connectivity index (χ1) is 8.03. The van der Waals surface area contributed by atoms with Crippen molar-refractivity contribution in [3.8, 4) is 0 Å². The Kier molecular flexibility index (Phi) is 3.19. The van der Waals surface area contributed by atoms with Crippen molar-refractivity contribution in [2.24, 2.45) is 5.41 Å². The molecule has 1 aliphatic heterocycles. The van der Waals surface area contributed by atoms with E-state index in [9.17, 15) is 4.79 Å². The highest BCUT2D eigenvalue weighted by molar-refractivity contribution is 5.94. The van der Waals surface area contributed by atoms with Crippen LogP contribution in [-0.4, -0.2) is 24.2 Å². The normalized spacial score (nSPS) is 24.6. The number of piperidine rings is 1. The van der Waals surface area contributed by atoms with Gasteiger partial charge < -0.3 is 9.84 Å². The molecule has 1 fully saturated rings. The summed E-state index contributed by atoms with van der Waals surface area (Å²) in [6, 6.07) is 0. The SMILES string of the molecule is Cc1noc(NC(=O)C2(C)CCCNC2)c1C. The molecule has 0 aromatic carbocycles. The molecule has 5 heteroatoms. The lowest BCUT2D eigenvalue weighted by molar-refractivity contribution is -0.125. The minimum atomic E-state index is -0.356. The van der Waals surface area contributed by atoms with Gasteiger partial charge in [-0.3, -0.25) is 10.1 Å². The molecule has 1 unspecified atom stereocenters. The van der Waals surface area contributed by atoms with E-state index >= 15 is 0 Å². The molecule has 94 valence electrons. The molecular formula is C12H19N3O2. The zero-order valence-corrected chi connectivity index (χ0v) is 10.6. The van der Waals surface area contributed by atoms with Crippen molar-refractivity contribution in [1.29, 1.82) is 0 Å². The standard InChI is InChI=1S/C12H19N3O2/c1-8-9(2)15-17-10(8)14-11(16)12(3)5-4-6-13-7-12/h13H,4-7H2,1-3H3,(H,14,16). The number of aromatic nitrogens is 1. The number of anilines is 1. The van der Waals surface area contributed by atoms with Crippen LogP contribution in [0, 0.1) is 19.3 Å². The molecule has 1 aromatic rings. The fourth-order valence-corrected chi connectivity index (χ4v) is 2.04. The number of aryl methyl sites for hydroxylation is 1. The summed E-state index contributed by atoms with van der Waals surface area (Å²) in [6.07, 6.45) is 1.93. The summed E-state index contributed by atoms with van der Waals surface area (Å²) >= 11 is 0. The van der Waals surface area contributed by atoms with E-state index in [1.54, 1.807) is 0 Å². The monoisotopic (exact) mass is 237 g/mol. The number of nitrogens with one attached hydrogen (secondary N) is 2. The molecule has 1 amide bonds. The van der Waals surface area contributed by atoms with Crippen LogP contribution in [0.2, 0.25) is 0 Å². The third-order valence-electron chi connectivity index (χ3n) is 3.53. The number of nitrogens with zero attached hydrogens (tertiary/aromatic N) is 1. The van der Waals surface area contributed by atoms with Gasteiger partial charge in [0.15, 0.2) is 0 Å². The molecule has 0 bridgehead atoms. The molecule has 0 spiro atoms. The van der Waals surface area contributed by atoms with Crippen molar-refractivity contribution in [1.82, 2.24) is 10.5 Å². The van der Waals surface area contributed by atoms with Gasteiger partial charge in [0.2, 0.25) is 11.8 Å². The van der Waals surface area contributed by atoms with Crippen LogP contribution in [0.4, 0.5) is 5.88 Å². The van der Waals surface area contributed by atoms with Crippen molar-refractivity contribution in [2.75, 3.05) is 18.4 Å². The average molecular weight is 237 g/mol. The number of carbonyl (C=O) groups excluding carboxylic acids is 1. The molecule has 17 heavy (non-hydrogen) atoms. The number of amides is 1. The van der Waals surface area contributed by atoms with E-state index < -0.39 is 0 Å². The summed E-state index contributed by atoms with van der Waals surface area (Å²) in [6.45, 7) is 7.43.